The highest BCUT2D eigenvalue weighted by Gasteiger charge is 2.21. The number of carbonyl (C=O) groups excluding carboxylic acids is 1. The number of carbonyl (C=O) groups is 1. The summed E-state index contributed by atoms with van der Waals surface area (Å²) in [7, 11) is 1.67. The van der Waals surface area contributed by atoms with Crippen LogP contribution >= 0.6 is 0 Å². The summed E-state index contributed by atoms with van der Waals surface area (Å²) in [5.74, 6) is -0.0416. The van der Waals surface area contributed by atoms with E-state index in [-0.39, 0.29) is 11.5 Å². The van der Waals surface area contributed by atoms with E-state index in [2.05, 4.69) is 0 Å². The number of nitrogens with zero attached hydrogens (tertiary/aromatic N) is 2. The SMILES string of the molecule is Cn1cc(C(=O)N2CCOCC2)c2ccccc2c1=O. The fourth-order valence-corrected chi connectivity index (χ4v) is 2.52. The zero-order chi connectivity index (χ0) is 14.1. The van der Waals surface area contributed by atoms with Gasteiger partial charge in [0.1, 0.15) is 0 Å². The third kappa shape index (κ3) is 2.10. The van der Waals surface area contributed by atoms with Crippen LogP contribution < -0.4 is 5.56 Å². The summed E-state index contributed by atoms with van der Waals surface area (Å²) < 4.78 is 6.74. The second-order valence-electron chi connectivity index (χ2n) is 4.91. The van der Waals surface area contributed by atoms with Gasteiger partial charge >= 0.3 is 0 Å². The summed E-state index contributed by atoms with van der Waals surface area (Å²) in [6.45, 7) is 2.32. The number of rotatable bonds is 1. The lowest BCUT2D eigenvalue weighted by Gasteiger charge is -2.27. The van der Waals surface area contributed by atoms with E-state index < -0.39 is 0 Å². The van der Waals surface area contributed by atoms with Crippen molar-refractivity contribution in [2.75, 3.05) is 26.3 Å². The maximum atomic E-state index is 12.6. The average molecular weight is 272 g/mol. The molecule has 0 aliphatic carbocycles. The average Bonchev–Trinajstić information content (AvgIpc) is 2.51. The van der Waals surface area contributed by atoms with Gasteiger partial charge < -0.3 is 14.2 Å². The molecule has 0 spiro atoms. The van der Waals surface area contributed by atoms with Gasteiger partial charge in [-0.15, -0.1) is 0 Å². The first-order chi connectivity index (χ1) is 9.68. The van der Waals surface area contributed by atoms with Gasteiger partial charge in [-0.3, -0.25) is 9.59 Å². The number of aromatic nitrogens is 1. The number of fused-ring (bicyclic) bond motifs is 1. The molecule has 0 N–H and O–H groups in total. The Labute approximate surface area is 116 Å². The molecule has 0 atom stereocenters. The second-order valence-corrected chi connectivity index (χ2v) is 4.91. The molecule has 1 aromatic carbocycles. The minimum absolute atomic E-state index is 0.0416. The first kappa shape index (κ1) is 12.9. The van der Waals surface area contributed by atoms with E-state index in [9.17, 15) is 9.59 Å². The van der Waals surface area contributed by atoms with Crippen molar-refractivity contribution >= 4 is 16.7 Å². The lowest BCUT2D eigenvalue weighted by Crippen LogP contribution is -2.41. The molecule has 20 heavy (non-hydrogen) atoms. The van der Waals surface area contributed by atoms with Gasteiger partial charge in [-0.25, -0.2) is 0 Å². The monoisotopic (exact) mass is 272 g/mol. The van der Waals surface area contributed by atoms with Crippen LogP contribution in [0, 0.1) is 0 Å². The Balaban J connectivity index is 2.13. The zero-order valence-electron chi connectivity index (χ0n) is 11.3. The Morgan fingerprint density at radius 2 is 1.80 bits per heavy atom. The van der Waals surface area contributed by atoms with Crippen LogP contribution in [0.5, 0.6) is 0 Å². The van der Waals surface area contributed by atoms with Crippen LogP contribution in [0.4, 0.5) is 0 Å². The lowest BCUT2D eigenvalue weighted by atomic mass is 10.1. The highest BCUT2D eigenvalue weighted by atomic mass is 16.5. The fourth-order valence-electron chi connectivity index (χ4n) is 2.52. The lowest BCUT2D eigenvalue weighted by molar-refractivity contribution is 0.0303. The molecular formula is C15H16N2O3. The normalized spacial score (nSPS) is 15.6. The predicted octanol–water partition coefficient (Wildman–Crippen LogP) is 1.01. The Bertz CT molecular complexity index is 715. The first-order valence-electron chi connectivity index (χ1n) is 6.64. The van der Waals surface area contributed by atoms with Crippen LogP contribution in [0.2, 0.25) is 0 Å². The van der Waals surface area contributed by atoms with Gasteiger partial charge in [0, 0.05) is 37.1 Å². The number of morpholine rings is 1. The molecular weight excluding hydrogens is 256 g/mol. The summed E-state index contributed by atoms with van der Waals surface area (Å²) in [5, 5.41) is 1.29. The van der Waals surface area contributed by atoms with Gasteiger partial charge in [0.05, 0.1) is 18.8 Å². The van der Waals surface area contributed by atoms with Crippen molar-refractivity contribution in [2.24, 2.45) is 7.05 Å². The van der Waals surface area contributed by atoms with Gasteiger partial charge in [0.15, 0.2) is 0 Å². The van der Waals surface area contributed by atoms with Crippen LogP contribution in [0.15, 0.2) is 35.3 Å². The van der Waals surface area contributed by atoms with Gasteiger partial charge in [0.2, 0.25) is 0 Å². The minimum atomic E-state index is -0.0841. The molecule has 0 bridgehead atoms. The van der Waals surface area contributed by atoms with Crippen LogP contribution in [0.1, 0.15) is 10.4 Å². The largest absolute Gasteiger partial charge is 0.378 e. The first-order valence-corrected chi connectivity index (χ1v) is 6.64. The van der Waals surface area contributed by atoms with Gasteiger partial charge in [-0.1, -0.05) is 18.2 Å². The highest BCUT2D eigenvalue weighted by Crippen LogP contribution is 2.17. The number of pyridine rings is 1. The van der Waals surface area contributed by atoms with Gasteiger partial charge in [-0.05, 0) is 6.07 Å². The highest BCUT2D eigenvalue weighted by molar-refractivity contribution is 6.06. The molecule has 5 heteroatoms. The summed E-state index contributed by atoms with van der Waals surface area (Å²) >= 11 is 0. The summed E-state index contributed by atoms with van der Waals surface area (Å²) in [5.41, 5.74) is 0.490. The molecule has 5 nitrogen and oxygen atoms in total. The number of benzene rings is 1. The van der Waals surface area contributed by atoms with E-state index in [1.165, 1.54) is 4.57 Å². The van der Waals surface area contributed by atoms with Crippen molar-refractivity contribution in [1.29, 1.82) is 0 Å². The number of hydrogen-bond donors (Lipinski definition) is 0. The molecule has 3 rings (SSSR count). The zero-order valence-corrected chi connectivity index (χ0v) is 11.3. The van der Waals surface area contributed by atoms with E-state index in [0.29, 0.717) is 42.6 Å². The van der Waals surface area contributed by atoms with Crippen molar-refractivity contribution in [3.05, 3.63) is 46.4 Å². The fraction of sp³-hybridized carbons (Fsp3) is 0.333. The quantitative estimate of drug-likeness (QED) is 0.778. The Hall–Kier alpha value is -2.14. The maximum absolute atomic E-state index is 12.6. The van der Waals surface area contributed by atoms with Crippen LogP contribution in [0.3, 0.4) is 0 Å². The smallest absolute Gasteiger partial charge is 0.258 e. The number of ether oxygens (including phenoxy) is 1. The van der Waals surface area contributed by atoms with Crippen LogP contribution in [0.25, 0.3) is 10.8 Å². The van der Waals surface area contributed by atoms with Crippen molar-refractivity contribution in [1.82, 2.24) is 9.47 Å². The molecule has 1 fully saturated rings. The minimum Gasteiger partial charge on any atom is -0.378 e. The summed E-state index contributed by atoms with van der Waals surface area (Å²) in [6.07, 6.45) is 1.63. The Morgan fingerprint density at radius 3 is 2.50 bits per heavy atom. The third-order valence-electron chi connectivity index (χ3n) is 3.62. The molecule has 2 heterocycles. The van der Waals surface area contributed by atoms with Crippen LogP contribution in [-0.4, -0.2) is 41.7 Å². The molecule has 1 saturated heterocycles. The second kappa shape index (κ2) is 5.09. The van der Waals surface area contributed by atoms with E-state index >= 15 is 0 Å². The Morgan fingerprint density at radius 1 is 1.15 bits per heavy atom. The third-order valence-corrected chi connectivity index (χ3v) is 3.62. The molecule has 1 amide bonds. The number of hydrogen-bond acceptors (Lipinski definition) is 3. The van der Waals surface area contributed by atoms with E-state index in [4.69, 9.17) is 4.74 Å². The summed E-state index contributed by atoms with van der Waals surface area (Å²) in [4.78, 5) is 26.5. The van der Waals surface area contributed by atoms with Crippen molar-refractivity contribution in [3.63, 3.8) is 0 Å². The van der Waals surface area contributed by atoms with Crippen molar-refractivity contribution in [2.45, 2.75) is 0 Å². The molecule has 104 valence electrons. The number of aryl methyl sites for hydroxylation is 1. The maximum Gasteiger partial charge on any atom is 0.258 e. The molecule has 2 aromatic rings. The topological polar surface area (TPSA) is 51.5 Å². The van der Waals surface area contributed by atoms with E-state index in [0.717, 1.165) is 0 Å². The van der Waals surface area contributed by atoms with Gasteiger partial charge in [0.25, 0.3) is 11.5 Å². The molecule has 0 saturated carbocycles. The summed E-state index contributed by atoms with van der Waals surface area (Å²) in [6, 6.07) is 7.24. The predicted molar refractivity (Wildman–Crippen MR) is 75.9 cm³/mol. The molecule has 1 aromatic heterocycles. The molecule has 1 aliphatic rings. The van der Waals surface area contributed by atoms with E-state index in [1.54, 1.807) is 24.2 Å². The molecule has 0 radical (unpaired) electrons. The Kier molecular flexibility index (Phi) is 3.28. The number of amides is 1. The molecule has 0 unspecified atom stereocenters. The van der Waals surface area contributed by atoms with Crippen molar-refractivity contribution < 1.29 is 9.53 Å². The van der Waals surface area contributed by atoms with Gasteiger partial charge in [-0.2, -0.15) is 0 Å². The van der Waals surface area contributed by atoms with Crippen molar-refractivity contribution in [3.8, 4) is 0 Å². The van der Waals surface area contributed by atoms with E-state index in [1.807, 2.05) is 18.2 Å². The molecule has 1 aliphatic heterocycles. The van der Waals surface area contributed by atoms with Crippen LogP contribution in [-0.2, 0) is 11.8 Å². The standard InChI is InChI=1S/C15H16N2O3/c1-16-10-13(15(19)17-6-8-20-9-7-17)11-4-2-3-5-12(11)14(16)18/h2-5,10H,6-9H2,1H3.